The highest BCUT2D eigenvalue weighted by Crippen LogP contribution is 2.30. The first-order chi connectivity index (χ1) is 11.2. The van der Waals surface area contributed by atoms with Crippen molar-refractivity contribution in [2.75, 3.05) is 0 Å². The molecule has 2 aromatic heterocycles. The first-order valence-corrected chi connectivity index (χ1v) is 7.96. The van der Waals surface area contributed by atoms with Crippen LogP contribution in [0.5, 0.6) is 0 Å². The van der Waals surface area contributed by atoms with Crippen LogP contribution >= 0.6 is 15.9 Å². The standard InChI is InChI=1S/C18H12BrN3O/c1-11-9-15(14-7-2-3-8-16(14)20-11)18-22-21-17(23-18)12-5-4-6-13(19)10-12/h2-10H,1H3. The smallest absolute Gasteiger partial charge is 0.248 e. The van der Waals surface area contributed by atoms with Crippen LogP contribution in [0.3, 0.4) is 0 Å². The molecule has 0 amide bonds. The Labute approximate surface area is 141 Å². The zero-order valence-corrected chi connectivity index (χ0v) is 13.9. The van der Waals surface area contributed by atoms with E-state index >= 15 is 0 Å². The zero-order valence-electron chi connectivity index (χ0n) is 12.3. The molecule has 2 heterocycles. The fourth-order valence-electron chi connectivity index (χ4n) is 2.55. The van der Waals surface area contributed by atoms with E-state index in [1.165, 1.54) is 0 Å². The van der Waals surface area contributed by atoms with Gasteiger partial charge in [-0.25, -0.2) is 0 Å². The second kappa shape index (κ2) is 5.59. The van der Waals surface area contributed by atoms with Crippen molar-refractivity contribution in [1.82, 2.24) is 15.2 Å². The molecule has 4 nitrogen and oxygen atoms in total. The van der Waals surface area contributed by atoms with Gasteiger partial charge in [0, 0.05) is 21.1 Å². The van der Waals surface area contributed by atoms with E-state index < -0.39 is 0 Å². The molecule has 0 saturated heterocycles. The quantitative estimate of drug-likeness (QED) is 0.500. The lowest BCUT2D eigenvalue weighted by Crippen LogP contribution is -1.88. The molecule has 0 spiro atoms. The van der Waals surface area contributed by atoms with E-state index in [-0.39, 0.29) is 0 Å². The Kier molecular flexibility index (Phi) is 3.42. The van der Waals surface area contributed by atoms with Gasteiger partial charge in [-0.15, -0.1) is 10.2 Å². The van der Waals surface area contributed by atoms with Gasteiger partial charge in [0.1, 0.15) is 0 Å². The van der Waals surface area contributed by atoms with Crippen molar-refractivity contribution in [2.45, 2.75) is 6.92 Å². The van der Waals surface area contributed by atoms with Crippen LogP contribution in [0.2, 0.25) is 0 Å². The number of rotatable bonds is 2. The van der Waals surface area contributed by atoms with E-state index in [4.69, 9.17) is 4.42 Å². The van der Waals surface area contributed by atoms with Crippen LogP contribution in [-0.2, 0) is 0 Å². The van der Waals surface area contributed by atoms with Gasteiger partial charge in [-0.05, 0) is 37.3 Å². The highest BCUT2D eigenvalue weighted by atomic mass is 79.9. The van der Waals surface area contributed by atoms with Crippen molar-refractivity contribution >= 4 is 26.8 Å². The number of aromatic nitrogens is 3. The molecular weight excluding hydrogens is 354 g/mol. The van der Waals surface area contributed by atoms with Crippen molar-refractivity contribution in [2.24, 2.45) is 0 Å². The van der Waals surface area contributed by atoms with Gasteiger partial charge >= 0.3 is 0 Å². The molecule has 4 rings (SSSR count). The summed E-state index contributed by atoms with van der Waals surface area (Å²) in [5, 5.41) is 9.41. The molecule has 112 valence electrons. The van der Waals surface area contributed by atoms with Crippen LogP contribution in [0.25, 0.3) is 33.8 Å². The van der Waals surface area contributed by atoms with Crippen molar-refractivity contribution in [3.8, 4) is 22.9 Å². The van der Waals surface area contributed by atoms with Crippen LogP contribution < -0.4 is 0 Å². The largest absolute Gasteiger partial charge is 0.416 e. The second-order valence-corrected chi connectivity index (χ2v) is 6.17. The van der Waals surface area contributed by atoms with Gasteiger partial charge in [0.05, 0.1) is 11.1 Å². The first-order valence-electron chi connectivity index (χ1n) is 7.17. The minimum atomic E-state index is 0.500. The normalized spacial score (nSPS) is 11.0. The summed E-state index contributed by atoms with van der Waals surface area (Å²) < 4.78 is 6.88. The van der Waals surface area contributed by atoms with E-state index in [2.05, 4.69) is 31.1 Å². The van der Waals surface area contributed by atoms with Gasteiger partial charge in [0.2, 0.25) is 11.8 Å². The van der Waals surface area contributed by atoms with E-state index in [9.17, 15) is 0 Å². The molecular formula is C18H12BrN3O. The summed E-state index contributed by atoms with van der Waals surface area (Å²) in [5.41, 5.74) is 3.63. The zero-order chi connectivity index (χ0) is 15.8. The molecule has 0 radical (unpaired) electrons. The molecule has 0 fully saturated rings. The monoisotopic (exact) mass is 365 g/mol. The summed E-state index contributed by atoms with van der Waals surface area (Å²) in [5.74, 6) is 1.00. The Hall–Kier alpha value is -2.53. The minimum absolute atomic E-state index is 0.500. The topological polar surface area (TPSA) is 51.8 Å². The summed E-state index contributed by atoms with van der Waals surface area (Å²) in [7, 11) is 0. The summed E-state index contributed by atoms with van der Waals surface area (Å²) in [6, 6.07) is 17.7. The highest BCUT2D eigenvalue weighted by Gasteiger charge is 2.14. The number of fused-ring (bicyclic) bond motifs is 1. The van der Waals surface area contributed by atoms with Crippen LogP contribution in [0, 0.1) is 6.92 Å². The number of hydrogen-bond acceptors (Lipinski definition) is 4. The lowest BCUT2D eigenvalue weighted by molar-refractivity contribution is 0.585. The molecule has 0 bridgehead atoms. The maximum atomic E-state index is 5.90. The number of pyridine rings is 1. The van der Waals surface area contributed by atoms with E-state index in [1.807, 2.05) is 61.5 Å². The van der Waals surface area contributed by atoms with E-state index in [0.717, 1.165) is 32.2 Å². The SMILES string of the molecule is Cc1cc(-c2nnc(-c3cccc(Br)c3)o2)c2ccccc2n1. The molecule has 5 heteroatoms. The van der Waals surface area contributed by atoms with Crippen molar-refractivity contribution < 1.29 is 4.42 Å². The third-order valence-corrected chi connectivity index (χ3v) is 4.06. The summed E-state index contributed by atoms with van der Waals surface area (Å²) >= 11 is 3.46. The third kappa shape index (κ3) is 2.64. The van der Waals surface area contributed by atoms with Gasteiger partial charge in [0.25, 0.3) is 0 Å². The number of para-hydroxylation sites is 1. The average Bonchev–Trinajstić information content (AvgIpc) is 3.04. The van der Waals surface area contributed by atoms with Crippen LogP contribution in [-0.4, -0.2) is 15.2 Å². The average molecular weight is 366 g/mol. The molecule has 0 N–H and O–H groups in total. The predicted octanol–water partition coefficient (Wildman–Crippen LogP) is 5.02. The predicted molar refractivity (Wildman–Crippen MR) is 92.9 cm³/mol. The lowest BCUT2D eigenvalue weighted by atomic mass is 10.1. The Morgan fingerprint density at radius 3 is 2.61 bits per heavy atom. The molecule has 23 heavy (non-hydrogen) atoms. The Morgan fingerprint density at radius 2 is 1.74 bits per heavy atom. The van der Waals surface area contributed by atoms with Gasteiger partial charge in [-0.2, -0.15) is 0 Å². The Balaban J connectivity index is 1.87. The maximum Gasteiger partial charge on any atom is 0.248 e. The van der Waals surface area contributed by atoms with E-state index in [1.54, 1.807) is 0 Å². The van der Waals surface area contributed by atoms with Gasteiger partial charge < -0.3 is 4.42 Å². The van der Waals surface area contributed by atoms with Gasteiger partial charge in [-0.3, -0.25) is 4.98 Å². The molecule has 0 aliphatic carbocycles. The molecule has 0 saturated carbocycles. The summed E-state index contributed by atoms with van der Waals surface area (Å²) in [4.78, 5) is 4.54. The molecule has 0 unspecified atom stereocenters. The number of aryl methyl sites for hydroxylation is 1. The second-order valence-electron chi connectivity index (χ2n) is 5.25. The molecule has 0 aliphatic rings. The fourth-order valence-corrected chi connectivity index (χ4v) is 2.95. The van der Waals surface area contributed by atoms with Crippen molar-refractivity contribution in [3.05, 3.63) is 64.8 Å². The Morgan fingerprint density at radius 1 is 0.913 bits per heavy atom. The summed E-state index contributed by atoms with van der Waals surface area (Å²) in [6.45, 7) is 1.96. The van der Waals surface area contributed by atoms with Gasteiger partial charge in [0.15, 0.2) is 0 Å². The number of halogens is 1. The third-order valence-electron chi connectivity index (χ3n) is 3.57. The minimum Gasteiger partial charge on any atom is -0.416 e. The van der Waals surface area contributed by atoms with Crippen LogP contribution in [0.1, 0.15) is 5.69 Å². The summed E-state index contributed by atoms with van der Waals surface area (Å²) in [6.07, 6.45) is 0. The lowest BCUT2D eigenvalue weighted by Gasteiger charge is -2.04. The number of nitrogens with zero attached hydrogens (tertiary/aromatic N) is 3. The van der Waals surface area contributed by atoms with E-state index in [0.29, 0.717) is 11.8 Å². The first kappa shape index (κ1) is 14.1. The van der Waals surface area contributed by atoms with Crippen LogP contribution in [0.15, 0.2) is 63.5 Å². The highest BCUT2D eigenvalue weighted by molar-refractivity contribution is 9.10. The van der Waals surface area contributed by atoms with Crippen molar-refractivity contribution in [3.63, 3.8) is 0 Å². The number of hydrogen-bond donors (Lipinski definition) is 0. The van der Waals surface area contributed by atoms with Crippen molar-refractivity contribution in [1.29, 1.82) is 0 Å². The fraction of sp³-hybridized carbons (Fsp3) is 0.0556. The maximum absolute atomic E-state index is 5.90. The van der Waals surface area contributed by atoms with Gasteiger partial charge in [-0.1, -0.05) is 40.2 Å². The molecule has 4 aromatic rings. The number of benzene rings is 2. The molecule has 2 aromatic carbocycles. The van der Waals surface area contributed by atoms with Crippen LogP contribution in [0.4, 0.5) is 0 Å². The molecule has 0 atom stereocenters. The molecule has 0 aliphatic heterocycles. The Bertz CT molecular complexity index is 1010.